The topological polar surface area (TPSA) is 0 Å². The average Bonchev–Trinajstić information content (AvgIpc) is 2.26. The zero-order chi connectivity index (χ0) is 12.8. The van der Waals surface area contributed by atoms with Gasteiger partial charge in [-0.2, -0.15) is 0 Å². The lowest BCUT2D eigenvalue weighted by Gasteiger charge is -2.11. The molecule has 0 aliphatic heterocycles. The van der Waals surface area contributed by atoms with Gasteiger partial charge >= 0.3 is 0 Å². The Kier molecular flexibility index (Phi) is 4.79. The van der Waals surface area contributed by atoms with Crippen LogP contribution in [-0.4, -0.2) is 0 Å². The second-order valence-corrected chi connectivity index (χ2v) is 4.71. The van der Waals surface area contributed by atoms with Crippen LogP contribution in [0.15, 0.2) is 48.1 Å². The van der Waals surface area contributed by atoms with Gasteiger partial charge in [0.05, 0.1) is 0 Å². The van der Waals surface area contributed by atoms with E-state index in [0.29, 0.717) is 0 Å². The fourth-order valence-electron chi connectivity index (χ4n) is 1.80. The van der Waals surface area contributed by atoms with E-state index in [4.69, 9.17) is 6.42 Å². The van der Waals surface area contributed by atoms with Crippen LogP contribution in [0.4, 0.5) is 0 Å². The van der Waals surface area contributed by atoms with Crippen LogP contribution < -0.4 is 0 Å². The van der Waals surface area contributed by atoms with Crippen molar-refractivity contribution in [2.24, 2.45) is 0 Å². The van der Waals surface area contributed by atoms with Gasteiger partial charge in [0.2, 0.25) is 0 Å². The van der Waals surface area contributed by atoms with Crippen molar-refractivity contribution >= 4 is 0 Å². The SMILES string of the molecule is C#CC(CC(=C)C=C(C)C)c1ccc(C)cc1. The number of aryl methyl sites for hydroxylation is 1. The Bertz CT molecular complexity index is 448. The average molecular weight is 224 g/mol. The third-order valence-corrected chi connectivity index (χ3v) is 2.64. The second kappa shape index (κ2) is 6.11. The van der Waals surface area contributed by atoms with Crippen LogP contribution in [0.2, 0.25) is 0 Å². The highest BCUT2D eigenvalue weighted by molar-refractivity contribution is 5.33. The van der Waals surface area contributed by atoms with Crippen LogP contribution in [0.25, 0.3) is 0 Å². The number of benzene rings is 1. The summed E-state index contributed by atoms with van der Waals surface area (Å²) in [5.41, 5.74) is 4.80. The molecule has 0 amide bonds. The lowest BCUT2D eigenvalue weighted by Crippen LogP contribution is -1.97. The maximum absolute atomic E-state index is 5.61. The fourth-order valence-corrected chi connectivity index (χ4v) is 1.80. The van der Waals surface area contributed by atoms with Crippen molar-refractivity contribution in [1.29, 1.82) is 0 Å². The van der Waals surface area contributed by atoms with E-state index in [0.717, 1.165) is 12.0 Å². The minimum absolute atomic E-state index is 0.124. The first kappa shape index (κ1) is 13.3. The van der Waals surface area contributed by atoms with Crippen molar-refractivity contribution in [2.45, 2.75) is 33.1 Å². The summed E-state index contributed by atoms with van der Waals surface area (Å²) in [5.74, 6) is 2.98. The minimum atomic E-state index is 0.124. The van der Waals surface area contributed by atoms with E-state index in [9.17, 15) is 0 Å². The molecule has 1 atom stereocenters. The first-order chi connectivity index (χ1) is 8.02. The first-order valence-electron chi connectivity index (χ1n) is 5.88. The van der Waals surface area contributed by atoms with E-state index < -0.39 is 0 Å². The van der Waals surface area contributed by atoms with Crippen molar-refractivity contribution in [3.05, 3.63) is 59.2 Å². The normalized spacial score (nSPS) is 11.4. The van der Waals surface area contributed by atoms with Crippen LogP contribution in [0, 0.1) is 19.3 Å². The van der Waals surface area contributed by atoms with Crippen LogP contribution in [0.5, 0.6) is 0 Å². The molecule has 0 aliphatic carbocycles. The van der Waals surface area contributed by atoms with Crippen molar-refractivity contribution in [3.8, 4) is 12.3 Å². The second-order valence-electron chi connectivity index (χ2n) is 4.71. The molecule has 0 aromatic heterocycles. The number of hydrogen-bond donors (Lipinski definition) is 0. The summed E-state index contributed by atoms with van der Waals surface area (Å²) in [6.45, 7) is 10.3. The summed E-state index contributed by atoms with van der Waals surface area (Å²) in [6.07, 6.45) is 8.53. The van der Waals surface area contributed by atoms with Gasteiger partial charge in [-0.25, -0.2) is 0 Å². The molecule has 0 nitrogen and oxygen atoms in total. The molecule has 0 aliphatic rings. The minimum Gasteiger partial charge on any atom is -0.119 e. The van der Waals surface area contributed by atoms with E-state index in [1.807, 2.05) is 0 Å². The molecule has 0 saturated carbocycles. The van der Waals surface area contributed by atoms with Crippen molar-refractivity contribution in [1.82, 2.24) is 0 Å². The Balaban J connectivity index is 2.80. The van der Waals surface area contributed by atoms with Crippen LogP contribution >= 0.6 is 0 Å². The molecule has 88 valence electrons. The Morgan fingerprint density at radius 1 is 1.35 bits per heavy atom. The molecule has 0 heteroatoms. The standard InChI is InChI=1S/C17H20/c1-6-16(12-15(5)11-13(2)3)17-9-7-14(4)8-10-17/h1,7-11,16H,5,12H2,2-4H3. The lowest BCUT2D eigenvalue weighted by atomic mass is 9.92. The predicted molar refractivity (Wildman–Crippen MR) is 75.9 cm³/mol. The van der Waals surface area contributed by atoms with Gasteiger partial charge in [-0.15, -0.1) is 6.42 Å². The molecular formula is C17H20. The van der Waals surface area contributed by atoms with Gasteiger partial charge in [0.1, 0.15) is 0 Å². The van der Waals surface area contributed by atoms with Crippen LogP contribution in [-0.2, 0) is 0 Å². The predicted octanol–water partition coefficient (Wildman–Crippen LogP) is 4.62. The van der Waals surface area contributed by atoms with Gasteiger partial charge in [-0.05, 0) is 32.8 Å². The monoisotopic (exact) mass is 224 g/mol. The maximum Gasteiger partial charge on any atom is 0.0489 e. The van der Waals surface area contributed by atoms with Gasteiger partial charge in [0.25, 0.3) is 0 Å². The van der Waals surface area contributed by atoms with Gasteiger partial charge < -0.3 is 0 Å². The molecule has 0 heterocycles. The van der Waals surface area contributed by atoms with E-state index in [1.165, 1.54) is 16.7 Å². The molecule has 0 bridgehead atoms. The number of hydrogen-bond acceptors (Lipinski definition) is 0. The van der Waals surface area contributed by atoms with Crippen molar-refractivity contribution < 1.29 is 0 Å². The maximum atomic E-state index is 5.61. The smallest absolute Gasteiger partial charge is 0.0489 e. The highest BCUT2D eigenvalue weighted by atomic mass is 14.1. The molecule has 1 rings (SSSR count). The highest BCUT2D eigenvalue weighted by Crippen LogP contribution is 2.23. The third-order valence-electron chi connectivity index (χ3n) is 2.64. The Morgan fingerprint density at radius 2 is 1.94 bits per heavy atom. The van der Waals surface area contributed by atoms with E-state index in [1.54, 1.807) is 0 Å². The quantitative estimate of drug-likeness (QED) is 0.517. The molecule has 0 N–H and O–H groups in total. The number of rotatable bonds is 4. The lowest BCUT2D eigenvalue weighted by molar-refractivity contribution is 0.867. The molecule has 0 spiro atoms. The Morgan fingerprint density at radius 3 is 2.41 bits per heavy atom. The largest absolute Gasteiger partial charge is 0.119 e. The van der Waals surface area contributed by atoms with E-state index in [-0.39, 0.29) is 5.92 Å². The van der Waals surface area contributed by atoms with E-state index in [2.05, 4.69) is 63.6 Å². The highest BCUT2D eigenvalue weighted by Gasteiger charge is 2.08. The third kappa shape index (κ3) is 4.33. The van der Waals surface area contributed by atoms with E-state index >= 15 is 0 Å². The molecule has 1 aromatic rings. The Hall–Kier alpha value is -1.74. The van der Waals surface area contributed by atoms with Crippen molar-refractivity contribution in [3.63, 3.8) is 0 Å². The molecule has 17 heavy (non-hydrogen) atoms. The van der Waals surface area contributed by atoms with Crippen molar-refractivity contribution in [2.75, 3.05) is 0 Å². The summed E-state index contributed by atoms with van der Waals surface area (Å²) in [6, 6.07) is 8.41. The van der Waals surface area contributed by atoms with Gasteiger partial charge in [-0.3, -0.25) is 0 Å². The number of terminal acetylenes is 1. The van der Waals surface area contributed by atoms with Crippen LogP contribution in [0.3, 0.4) is 0 Å². The fraction of sp³-hybridized carbons (Fsp3) is 0.294. The molecule has 1 unspecified atom stereocenters. The first-order valence-corrected chi connectivity index (χ1v) is 5.88. The molecule has 0 saturated heterocycles. The summed E-state index contributed by atoms with van der Waals surface area (Å²) in [4.78, 5) is 0. The zero-order valence-electron chi connectivity index (χ0n) is 11.0. The van der Waals surface area contributed by atoms with Gasteiger partial charge in [-0.1, -0.05) is 59.6 Å². The summed E-state index contributed by atoms with van der Waals surface area (Å²) in [7, 11) is 0. The molecule has 0 fully saturated rings. The summed E-state index contributed by atoms with van der Waals surface area (Å²) < 4.78 is 0. The summed E-state index contributed by atoms with van der Waals surface area (Å²) >= 11 is 0. The number of allylic oxidation sites excluding steroid dienone is 3. The summed E-state index contributed by atoms with van der Waals surface area (Å²) in [5, 5.41) is 0. The van der Waals surface area contributed by atoms with Gasteiger partial charge in [0, 0.05) is 5.92 Å². The van der Waals surface area contributed by atoms with Gasteiger partial charge in [0.15, 0.2) is 0 Å². The Labute approximate surface area is 105 Å². The molecule has 1 aromatic carbocycles. The molecular weight excluding hydrogens is 204 g/mol. The molecule has 0 radical (unpaired) electrons. The zero-order valence-corrected chi connectivity index (χ0v) is 11.0. The van der Waals surface area contributed by atoms with Crippen LogP contribution in [0.1, 0.15) is 37.3 Å².